The Morgan fingerprint density at radius 3 is 2.67 bits per heavy atom. The van der Waals surface area contributed by atoms with Gasteiger partial charge in [0.1, 0.15) is 0 Å². The van der Waals surface area contributed by atoms with Gasteiger partial charge < -0.3 is 15.0 Å². The van der Waals surface area contributed by atoms with E-state index >= 15 is 0 Å². The highest BCUT2D eigenvalue weighted by Gasteiger charge is 2.37. The lowest BCUT2D eigenvalue weighted by molar-refractivity contribution is -0.0170. The van der Waals surface area contributed by atoms with Gasteiger partial charge in [-0.25, -0.2) is 4.79 Å². The van der Waals surface area contributed by atoms with Gasteiger partial charge in [0.05, 0.1) is 18.8 Å². The molecule has 1 aromatic carbocycles. The van der Waals surface area contributed by atoms with E-state index in [0.29, 0.717) is 19.1 Å². The topological polar surface area (TPSA) is 70.2 Å². The number of likely N-dealkylation sites (tertiary alicyclic amines) is 1. The van der Waals surface area contributed by atoms with E-state index in [-0.39, 0.29) is 24.1 Å². The fourth-order valence-corrected chi connectivity index (χ4v) is 5.13. The standard InChI is InChI=1S/C24H34N4O2/c1-2-25-24(29)28-16-6-9-21(22-14-15-26-27-22)23(28)17-30-20-12-10-19(11-13-20)18-7-4-3-5-8-18/h3-5,7-8,14-15,19-21,23H,2,6,9-13,16-17H2,1H3,(H,25,29)(H,26,27)/t19-,20+,21-,23+/m1/s1. The number of H-pyrrole nitrogens is 1. The molecule has 2 heterocycles. The molecule has 1 saturated heterocycles. The fourth-order valence-electron chi connectivity index (χ4n) is 5.13. The van der Waals surface area contributed by atoms with Crippen LogP contribution < -0.4 is 5.32 Å². The first-order valence-electron chi connectivity index (χ1n) is 11.5. The SMILES string of the molecule is CCNC(=O)N1CCC[C@H](c2ccn[nH]2)[C@@H]1CO[C@H]1CC[C@@H](c2ccccc2)CC1. The van der Waals surface area contributed by atoms with Gasteiger partial charge in [-0.15, -0.1) is 0 Å². The van der Waals surface area contributed by atoms with Crippen LogP contribution in [0.25, 0.3) is 0 Å². The summed E-state index contributed by atoms with van der Waals surface area (Å²) < 4.78 is 6.44. The van der Waals surface area contributed by atoms with Crippen LogP contribution in [-0.4, -0.2) is 53.0 Å². The third-order valence-corrected chi connectivity index (χ3v) is 6.74. The molecular formula is C24H34N4O2. The van der Waals surface area contributed by atoms with Gasteiger partial charge in [-0.1, -0.05) is 30.3 Å². The monoisotopic (exact) mass is 410 g/mol. The minimum Gasteiger partial charge on any atom is -0.376 e. The Labute approximate surface area is 179 Å². The molecule has 0 spiro atoms. The van der Waals surface area contributed by atoms with E-state index in [1.165, 1.54) is 18.4 Å². The van der Waals surface area contributed by atoms with Crippen molar-refractivity contribution in [1.82, 2.24) is 20.4 Å². The number of aromatic amines is 1. The molecular weight excluding hydrogens is 376 g/mol. The number of aromatic nitrogens is 2. The number of amides is 2. The first kappa shape index (κ1) is 20.9. The van der Waals surface area contributed by atoms with Gasteiger partial charge in [-0.05, 0) is 63.0 Å². The quantitative estimate of drug-likeness (QED) is 0.740. The van der Waals surface area contributed by atoms with Gasteiger partial charge in [0, 0.05) is 30.9 Å². The molecule has 0 bridgehead atoms. The Hall–Kier alpha value is -2.34. The van der Waals surface area contributed by atoms with E-state index in [0.717, 1.165) is 37.9 Å². The van der Waals surface area contributed by atoms with Crippen molar-refractivity contribution in [3.63, 3.8) is 0 Å². The average Bonchev–Trinajstić information content (AvgIpc) is 3.33. The smallest absolute Gasteiger partial charge is 0.317 e. The van der Waals surface area contributed by atoms with E-state index in [1.807, 2.05) is 17.9 Å². The Kier molecular flexibility index (Phi) is 7.05. The van der Waals surface area contributed by atoms with E-state index in [2.05, 4.69) is 45.8 Å². The number of nitrogens with zero attached hydrogens (tertiary/aromatic N) is 2. The zero-order chi connectivity index (χ0) is 20.8. The van der Waals surface area contributed by atoms with E-state index in [4.69, 9.17) is 4.74 Å². The van der Waals surface area contributed by atoms with E-state index in [1.54, 1.807) is 6.20 Å². The van der Waals surface area contributed by atoms with Crippen LogP contribution in [0.5, 0.6) is 0 Å². The van der Waals surface area contributed by atoms with Crippen molar-refractivity contribution in [3.8, 4) is 0 Å². The molecule has 1 saturated carbocycles. The van der Waals surface area contributed by atoms with Crippen LogP contribution >= 0.6 is 0 Å². The molecule has 1 aromatic heterocycles. The zero-order valence-electron chi connectivity index (χ0n) is 17.9. The number of hydrogen-bond acceptors (Lipinski definition) is 3. The number of benzene rings is 1. The zero-order valence-corrected chi connectivity index (χ0v) is 17.9. The number of carbonyl (C=O) groups is 1. The van der Waals surface area contributed by atoms with Crippen LogP contribution in [0.2, 0.25) is 0 Å². The molecule has 2 N–H and O–H groups in total. The van der Waals surface area contributed by atoms with Crippen LogP contribution in [-0.2, 0) is 4.74 Å². The predicted octanol–water partition coefficient (Wildman–Crippen LogP) is 4.43. The predicted molar refractivity (Wildman–Crippen MR) is 118 cm³/mol. The van der Waals surface area contributed by atoms with Gasteiger partial charge in [0.2, 0.25) is 0 Å². The number of hydrogen-bond donors (Lipinski definition) is 2. The summed E-state index contributed by atoms with van der Waals surface area (Å²) in [7, 11) is 0. The van der Waals surface area contributed by atoms with Crippen molar-refractivity contribution < 1.29 is 9.53 Å². The van der Waals surface area contributed by atoms with Crippen LogP contribution in [0.4, 0.5) is 4.79 Å². The highest BCUT2D eigenvalue weighted by molar-refractivity contribution is 5.74. The van der Waals surface area contributed by atoms with Crippen molar-refractivity contribution in [3.05, 3.63) is 53.9 Å². The second-order valence-electron chi connectivity index (χ2n) is 8.57. The average molecular weight is 411 g/mol. The van der Waals surface area contributed by atoms with Gasteiger partial charge in [-0.2, -0.15) is 5.10 Å². The highest BCUT2D eigenvalue weighted by atomic mass is 16.5. The molecule has 162 valence electrons. The number of rotatable bonds is 6. The Morgan fingerprint density at radius 1 is 1.17 bits per heavy atom. The molecule has 2 aliphatic rings. The summed E-state index contributed by atoms with van der Waals surface area (Å²) in [5.74, 6) is 0.884. The molecule has 2 fully saturated rings. The molecule has 6 nitrogen and oxygen atoms in total. The minimum atomic E-state index is 0.0168. The van der Waals surface area contributed by atoms with Gasteiger partial charge >= 0.3 is 6.03 Å². The number of ether oxygens (including phenoxy) is 1. The van der Waals surface area contributed by atoms with Crippen molar-refractivity contribution in [2.75, 3.05) is 19.7 Å². The molecule has 1 aliphatic heterocycles. The molecule has 0 unspecified atom stereocenters. The lowest BCUT2D eigenvalue weighted by atomic mass is 9.82. The lowest BCUT2D eigenvalue weighted by Gasteiger charge is -2.41. The van der Waals surface area contributed by atoms with Gasteiger partial charge in [-0.3, -0.25) is 5.10 Å². The number of carbonyl (C=O) groups excluding carboxylic acids is 1. The second-order valence-corrected chi connectivity index (χ2v) is 8.57. The van der Waals surface area contributed by atoms with Crippen molar-refractivity contribution in [1.29, 1.82) is 0 Å². The first-order chi connectivity index (χ1) is 14.8. The third kappa shape index (κ3) is 4.86. The van der Waals surface area contributed by atoms with E-state index < -0.39 is 0 Å². The summed E-state index contributed by atoms with van der Waals surface area (Å²) in [6.07, 6.45) is 8.64. The molecule has 30 heavy (non-hydrogen) atoms. The van der Waals surface area contributed by atoms with Crippen molar-refractivity contribution in [2.24, 2.45) is 0 Å². The number of piperidine rings is 1. The lowest BCUT2D eigenvalue weighted by Crippen LogP contribution is -2.53. The summed E-state index contributed by atoms with van der Waals surface area (Å²) in [4.78, 5) is 14.7. The first-order valence-corrected chi connectivity index (χ1v) is 11.5. The summed E-state index contributed by atoms with van der Waals surface area (Å²) in [5, 5.41) is 10.2. The Bertz CT molecular complexity index is 772. The van der Waals surface area contributed by atoms with E-state index in [9.17, 15) is 4.79 Å². The maximum Gasteiger partial charge on any atom is 0.317 e. The largest absolute Gasteiger partial charge is 0.376 e. The van der Waals surface area contributed by atoms with Crippen molar-refractivity contribution >= 4 is 6.03 Å². The molecule has 0 radical (unpaired) electrons. The van der Waals surface area contributed by atoms with Crippen LogP contribution in [0.3, 0.4) is 0 Å². The minimum absolute atomic E-state index is 0.0168. The highest BCUT2D eigenvalue weighted by Crippen LogP contribution is 2.36. The maximum absolute atomic E-state index is 12.7. The second kappa shape index (κ2) is 10.1. The Balaban J connectivity index is 1.38. The van der Waals surface area contributed by atoms with Gasteiger partial charge in [0.15, 0.2) is 0 Å². The molecule has 2 amide bonds. The summed E-state index contributed by atoms with van der Waals surface area (Å²) in [6, 6.07) is 12.9. The number of nitrogens with one attached hydrogen (secondary N) is 2. The molecule has 6 heteroatoms. The maximum atomic E-state index is 12.7. The van der Waals surface area contributed by atoms with Gasteiger partial charge in [0.25, 0.3) is 0 Å². The molecule has 2 aromatic rings. The fraction of sp³-hybridized carbons (Fsp3) is 0.583. The van der Waals surface area contributed by atoms with Crippen LogP contribution in [0.1, 0.15) is 68.5 Å². The number of urea groups is 1. The normalized spacial score (nSPS) is 27.0. The Morgan fingerprint density at radius 2 is 1.97 bits per heavy atom. The van der Waals surface area contributed by atoms with Crippen LogP contribution in [0, 0.1) is 0 Å². The van der Waals surface area contributed by atoms with Crippen LogP contribution in [0.15, 0.2) is 42.6 Å². The molecule has 1 aliphatic carbocycles. The molecule has 2 atom stereocenters. The summed E-state index contributed by atoms with van der Waals surface area (Å²) in [5.41, 5.74) is 2.55. The summed E-state index contributed by atoms with van der Waals surface area (Å²) in [6.45, 7) is 3.97. The van der Waals surface area contributed by atoms with Crippen molar-refractivity contribution in [2.45, 2.75) is 69.4 Å². The molecule has 4 rings (SSSR count). The third-order valence-electron chi connectivity index (χ3n) is 6.74. The summed E-state index contributed by atoms with van der Waals surface area (Å²) >= 11 is 0.